The Balaban J connectivity index is 2.17. The molecular formula is C16H16FNO2. The van der Waals surface area contributed by atoms with E-state index in [4.69, 9.17) is 0 Å². The van der Waals surface area contributed by atoms with Crippen LogP contribution in [0.4, 0.5) is 4.39 Å². The highest BCUT2D eigenvalue weighted by atomic mass is 19.1. The summed E-state index contributed by atoms with van der Waals surface area (Å²) in [5.74, 6) is -1.10. The molecule has 0 unspecified atom stereocenters. The highest BCUT2D eigenvalue weighted by molar-refractivity contribution is 5.94. The van der Waals surface area contributed by atoms with Gasteiger partial charge in [0.2, 0.25) is 0 Å². The van der Waals surface area contributed by atoms with Crippen LogP contribution in [0.1, 0.15) is 27.5 Å². The summed E-state index contributed by atoms with van der Waals surface area (Å²) < 4.78 is 13.7. The molecule has 0 aliphatic rings. The van der Waals surface area contributed by atoms with Gasteiger partial charge in [-0.2, -0.15) is 0 Å². The molecule has 0 saturated carbocycles. The zero-order valence-corrected chi connectivity index (χ0v) is 11.1. The third-order valence-corrected chi connectivity index (χ3v) is 3.06. The second-order valence-electron chi connectivity index (χ2n) is 4.60. The van der Waals surface area contributed by atoms with Gasteiger partial charge in [-0.1, -0.05) is 36.4 Å². The van der Waals surface area contributed by atoms with Crippen molar-refractivity contribution in [3.8, 4) is 0 Å². The Morgan fingerprint density at radius 3 is 2.55 bits per heavy atom. The molecule has 2 N–H and O–H groups in total. The number of carbonyl (C=O) groups excluding carboxylic acids is 1. The molecule has 0 bridgehead atoms. The molecule has 0 saturated heterocycles. The van der Waals surface area contributed by atoms with E-state index < -0.39 is 17.8 Å². The monoisotopic (exact) mass is 273 g/mol. The lowest BCUT2D eigenvalue weighted by atomic mass is 10.1. The van der Waals surface area contributed by atoms with E-state index in [1.54, 1.807) is 25.1 Å². The predicted octanol–water partition coefficient (Wildman–Crippen LogP) is 2.60. The number of amides is 1. The van der Waals surface area contributed by atoms with Crippen LogP contribution in [0.2, 0.25) is 0 Å². The number of aryl methyl sites for hydroxylation is 1. The summed E-state index contributed by atoms with van der Waals surface area (Å²) >= 11 is 0. The van der Waals surface area contributed by atoms with Gasteiger partial charge in [0.25, 0.3) is 5.91 Å². The van der Waals surface area contributed by atoms with Crippen LogP contribution in [-0.4, -0.2) is 17.6 Å². The lowest BCUT2D eigenvalue weighted by Crippen LogP contribution is -2.31. The SMILES string of the molecule is Cc1ccc(C(=O)N[C@@H](CO)c2ccccc2)c(F)c1. The van der Waals surface area contributed by atoms with Crippen molar-refractivity contribution in [1.29, 1.82) is 0 Å². The molecule has 0 radical (unpaired) electrons. The van der Waals surface area contributed by atoms with Crippen molar-refractivity contribution in [1.82, 2.24) is 5.32 Å². The molecule has 0 aromatic heterocycles. The predicted molar refractivity (Wildman–Crippen MR) is 74.9 cm³/mol. The molecule has 0 spiro atoms. The molecule has 3 nitrogen and oxygen atoms in total. The molecule has 20 heavy (non-hydrogen) atoms. The molecule has 4 heteroatoms. The summed E-state index contributed by atoms with van der Waals surface area (Å²) in [5, 5.41) is 12.0. The van der Waals surface area contributed by atoms with Crippen LogP contribution in [0.15, 0.2) is 48.5 Å². The first-order chi connectivity index (χ1) is 9.61. The van der Waals surface area contributed by atoms with E-state index >= 15 is 0 Å². The summed E-state index contributed by atoms with van der Waals surface area (Å²) in [7, 11) is 0. The standard InChI is InChI=1S/C16H16FNO2/c1-11-7-8-13(14(17)9-11)16(20)18-15(10-19)12-5-3-2-4-6-12/h2-9,15,19H,10H2,1H3,(H,18,20)/t15-/m0/s1. The molecule has 0 aliphatic carbocycles. The number of carbonyl (C=O) groups is 1. The normalized spacial score (nSPS) is 11.9. The van der Waals surface area contributed by atoms with Crippen molar-refractivity contribution in [2.45, 2.75) is 13.0 Å². The summed E-state index contributed by atoms with van der Waals surface area (Å²) in [6, 6.07) is 13.0. The summed E-state index contributed by atoms with van der Waals surface area (Å²) in [6.45, 7) is 1.51. The molecule has 0 heterocycles. The Bertz CT molecular complexity index is 599. The summed E-state index contributed by atoms with van der Waals surface area (Å²) in [4.78, 5) is 12.1. The van der Waals surface area contributed by atoms with E-state index in [1.165, 1.54) is 12.1 Å². The van der Waals surface area contributed by atoms with Gasteiger partial charge in [-0.05, 0) is 30.2 Å². The van der Waals surface area contributed by atoms with Crippen molar-refractivity contribution < 1.29 is 14.3 Å². The van der Waals surface area contributed by atoms with Crippen LogP contribution in [0.3, 0.4) is 0 Å². The molecule has 104 valence electrons. The maximum atomic E-state index is 13.7. The summed E-state index contributed by atoms with van der Waals surface area (Å²) in [5.41, 5.74) is 1.50. The Labute approximate surface area is 117 Å². The Hall–Kier alpha value is -2.20. The molecule has 2 aromatic carbocycles. The van der Waals surface area contributed by atoms with E-state index in [2.05, 4.69) is 5.32 Å². The third-order valence-electron chi connectivity index (χ3n) is 3.06. The first-order valence-electron chi connectivity index (χ1n) is 6.34. The van der Waals surface area contributed by atoms with E-state index in [-0.39, 0.29) is 12.2 Å². The van der Waals surface area contributed by atoms with Gasteiger partial charge in [0.05, 0.1) is 18.2 Å². The maximum Gasteiger partial charge on any atom is 0.254 e. The third kappa shape index (κ3) is 3.22. The minimum atomic E-state index is -0.563. The zero-order valence-electron chi connectivity index (χ0n) is 11.1. The van der Waals surface area contributed by atoms with E-state index in [0.29, 0.717) is 0 Å². The lowest BCUT2D eigenvalue weighted by Gasteiger charge is -2.17. The number of aliphatic hydroxyl groups is 1. The number of rotatable bonds is 4. The number of benzene rings is 2. The number of nitrogens with one attached hydrogen (secondary N) is 1. The van der Waals surface area contributed by atoms with Crippen molar-refractivity contribution in [2.75, 3.05) is 6.61 Å². The highest BCUT2D eigenvalue weighted by Gasteiger charge is 2.17. The number of hydrogen-bond acceptors (Lipinski definition) is 2. The first-order valence-corrected chi connectivity index (χ1v) is 6.34. The topological polar surface area (TPSA) is 49.3 Å². The van der Waals surface area contributed by atoms with Gasteiger partial charge < -0.3 is 10.4 Å². The second-order valence-corrected chi connectivity index (χ2v) is 4.60. The number of halogens is 1. The molecule has 0 aliphatic heterocycles. The van der Waals surface area contributed by atoms with Gasteiger partial charge in [-0.3, -0.25) is 4.79 Å². The highest BCUT2D eigenvalue weighted by Crippen LogP contribution is 2.15. The van der Waals surface area contributed by atoms with E-state index in [0.717, 1.165) is 11.1 Å². The van der Waals surface area contributed by atoms with Crippen molar-refractivity contribution in [2.24, 2.45) is 0 Å². The number of hydrogen-bond donors (Lipinski definition) is 2. The van der Waals surface area contributed by atoms with Gasteiger partial charge >= 0.3 is 0 Å². The fourth-order valence-electron chi connectivity index (χ4n) is 1.96. The van der Waals surface area contributed by atoms with Crippen LogP contribution >= 0.6 is 0 Å². The van der Waals surface area contributed by atoms with E-state index in [1.807, 2.05) is 18.2 Å². The van der Waals surface area contributed by atoms with Crippen LogP contribution in [0.5, 0.6) is 0 Å². The smallest absolute Gasteiger partial charge is 0.254 e. The number of aliphatic hydroxyl groups excluding tert-OH is 1. The van der Waals surface area contributed by atoms with Crippen LogP contribution in [0, 0.1) is 12.7 Å². The average Bonchev–Trinajstić information content (AvgIpc) is 2.45. The Kier molecular flexibility index (Phi) is 4.48. The quantitative estimate of drug-likeness (QED) is 0.899. The molecule has 1 amide bonds. The summed E-state index contributed by atoms with van der Waals surface area (Å²) in [6.07, 6.45) is 0. The molecule has 2 rings (SSSR count). The van der Waals surface area contributed by atoms with Crippen molar-refractivity contribution in [3.05, 3.63) is 71.0 Å². The van der Waals surface area contributed by atoms with Crippen molar-refractivity contribution >= 4 is 5.91 Å². The molecule has 2 aromatic rings. The Morgan fingerprint density at radius 1 is 1.25 bits per heavy atom. The van der Waals surface area contributed by atoms with Gasteiger partial charge in [0.15, 0.2) is 0 Å². The van der Waals surface area contributed by atoms with Gasteiger partial charge in [-0.25, -0.2) is 4.39 Å². The Morgan fingerprint density at radius 2 is 1.95 bits per heavy atom. The molecule has 1 atom stereocenters. The van der Waals surface area contributed by atoms with E-state index in [9.17, 15) is 14.3 Å². The first kappa shape index (κ1) is 14.2. The van der Waals surface area contributed by atoms with Gasteiger partial charge in [-0.15, -0.1) is 0 Å². The largest absolute Gasteiger partial charge is 0.394 e. The molecular weight excluding hydrogens is 257 g/mol. The lowest BCUT2D eigenvalue weighted by molar-refractivity contribution is 0.0912. The minimum Gasteiger partial charge on any atom is -0.394 e. The van der Waals surface area contributed by atoms with Crippen LogP contribution < -0.4 is 5.32 Å². The van der Waals surface area contributed by atoms with Crippen LogP contribution in [-0.2, 0) is 0 Å². The minimum absolute atomic E-state index is 0.0232. The van der Waals surface area contributed by atoms with Gasteiger partial charge in [0, 0.05) is 0 Å². The molecule has 0 fully saturated rings. The van der Waals surface area contributed by atoms with Gasteiger partial charge in [0.1, 0.15) is 5.82 Å². The van der Waals surface area contributed by atoms with Crippen molar-refractivity contribution in [3.63, 3.8) is 0 Å². The second kappa shape index (κ2) is 6.30. The maximum absolute atomic E-state index is 13.7. The average molecular weight is 273 g/mol. The zero-order chi connectivity index (χ0) is 14.5. The van der Waals surface area contributed by atoms with Crippen LogP contribution in [0.25, 0.3) is 0 Å². The fraction of sp³-hybridized carbons (Fsp3) is 0.188. The fourth-order valence-corrected chi connectivity index (χ4v) is 1.96.